The molecule has 0 bridgehead atoms. The topological polar surface area (TPSA) is 20.3 Å². The Balaban J connectivity index is 2.03. The molecule has 1 saturated heterocycles. The van der Waals surface area contributed by atoms with E-state index in [1.165, 1.54) is 11.1 Å². The summed E-state index contributed by atoms with van der Waals surface area (Å²) in [6.45, 7) is 3.41. The summed E-state index contributed by atoms with van der Waals surface area (Å²) in [6, 6.07) is 8.25. The van der Waals surface area contributed by atoms with E-state index in [4.69, 9.17) is 11.6 Å². The minimum atomic E-state index is -0.0112. The second kappa shape index (κ2) is 4.23. The lowest BCUT2D eigenvalue weighted by molar-refractivity contribution is -0.128. The standard InChI is InChI=1S/C12H14ClNO/c1-9-2-4-10(5-3-9)7-14-8-11(13)6-12(14)15/h2-5,11H,6-8H2,1H3. The Morgan fingerprint density at radius 1 is 1.40 bits per heavy atom. The van der Waals surface area contributed by atoms with Gasteiger partial charge < -0.3 is 4.90 Å². The van der Waals surface area contributed by atoms with Crippen molar-refractivity contribution in [3.05, 3.63) is 35.4 Å². The Hall–Kier alpha value is -1.02. The summed E-state index contributed by atoms with van der Waals surface area (Å²) in [4.78, 5) is 13.3. The van der Waals surface area contributed by atoms with Crippen molar-refractivity contribution in [2.75, 3.05) is 6.54 Å². The summed E-state index contributed by atoms with van der Waals surface area (Å²) in [5.74, 6) is 0.163. The van der Waals surface area contributed by atoms with E-state index in [-0.39, 0.29) is 11.3 Å². The number of alkyl halides is 1. The predicted octanol–water partition coefficient (Wildman–Crippen LogP) is 2.33. The zero-order chi connectivity index (χ0) is 10.8. The molecule has 1 unspecified atom stereocenters. The van der Waals surface area contributed by atoms with Crippen LogP contribution in [0.1, 0.15) is 17.5 Å². The van der Waals surface area contributed by atoms with Crippen LogP contribution in [0.5, 0.6) is 0 Å². The number of carbonyl (C=O) groups excluding carboxylic acids is 1. The Labute approximate surface area is 94.8 Å². The fourth-order valence-electron chi connectivity index (χ4n) is 1.79. The van der Waals surface area contributed by atoms with Crippen LogP contribution in [0.25, 0.3) is 0 Å². The number of hydrogen-bond donors (Lipinski definition) is 0. The maximum atomic E-state index is 11.5. The van der Waals surface area contributed by atoms with Crippen molar-refractivity contribution in [1.82, 2.24) is 4.90 Å². The van der Waals surface area contributed by atoms with Gasteiger partial charge in [0.2, 0.25) is 5.91 Å². The van der Waals surface area contributed by atoms with Crippen molar-refractivity contribution in [2.24, 2.45) is 0 Å². The highest BCUT2D eigenvalue weighted by Crippen LogP contribution is 2.18. The molecule has 0 aromatic heterocycles. The van der Waals surface area contributed by atoms with Gasteiger partial charge in [0.25, 0.3) is 0 Å². The monoisotopic (exact) mass is 223 g/mol. The van der Waals surface area contributed by atoms with Crippen LogP contribution in [0.2, 0.25) is 0 Å². The normalized spacial score (nSPS) is 21.1. The second-order valence-corrected chi connectivity index (χ2v) is 4.68. The maximum absolute atomic E-state index is 11.5. The van der Waals surface area contributed by atoms with Gasteiger partial charge in [-0.15, -0.1) is 11.6 Å². The zero-order valence-electron chi connectivity index (χ0n) is 8.74. The number of benzene rings is 1. The van der Waals surface area contributed by atoms with Crippen molar-refractivity contribution < 1.29 is 4.79 Å². The molecule has 2 nitrogen and oxygen atoms in total. The van der Waals surface area contributed by atoms with Crippen LogP contribution >= 0.6 is 11.6 Å². The van der Waals surface area contributed by atoms with Crippen LogP contribution in [0.4, 0.5) is 0 Å². The molecule has 1 heterocycles. The molecule has 3 heteroatoms. The van der Waals surface area contributed by atoms with Crippen molar-refractivity contribution >= 4 is 17.5 Å². The fourth-order valence-corrected chi connectivity index (χ4v) is 2.09. The zero-order valence-corrected chi connectivity index (χ0v) is 9.50. The highest BCUT2D eigenvalue weighted by Gasteiger charge is 2.27. The molecule has 1 aliphatic rings. The van der Waals surface area contributed by atoms with E-state index in [2.05, 4.69) is 31.2 Å². The molecule has 1 fully saturated rings. The first-order chi connectivity index (χ1) is 7.15. The van der Waals surface area contributed by atoms with Gasteiger partial charge in [-0.2, -0.15) is 0 Å². The lowest BCUT2D eigenvalue weighted by atomic mass is 10.1. The Morgan fingerprint density at radius 3 is 2.60 bits per heavy atom. The summed E-state index contributed by atoms with van der Waals surface area (Å²) < 4.78 is 0. The highest BCUT2D eigenvalue weighted by molar-refractivity contribution is 6.22. The molecule has 1 aromatic rings. The quantitative estimate of drug-likeness (QED) is 0.705. The molecule has 0 saturated carbocycles. The molecule has 1 amide bonds. The molecule has 1 atom stereocenters. The molecular weight excluding hydrogens is 210 g/mol. The SMILES string of the molecule is Cc1ccc(CN2CC(Cl)CC2=O)cc1. The van der Waals surface area contributed by atoms with Crippen LogP contribution in [0.3, 0.4) is 0 Å². The summed E-state index contributed by atoms with van der Waals surface area (Å²) in [5, 5.41) is -0.0112. The molecule has 15 heavy (non-hydrogen) atoms. The average molecular weight is 224 g/mol. The number of nitrogens with zero attached hydrogens (tertiary/aromatic N) is 1. The van der Waals surface area contributed by atoms with Crippen LogP contribution in [-0.2, 0) is 11.3 Å². The molecular formula is C12H14ClNO. The third kappa shape index (κ3) is 2.51. The van der Waals surface area contributed by atoms with Gasteiger partial charge >= 0.3 is 0 Å². The number of aryl methyl sites for hydroxylation is 1. The first-order valence-corrected chi connectivity index (χ1v) is 5.56. The molecule has 1 aromatic carbocycles. The van der Waals surface area contributed by atoms with E-state index < -0.39 is 0 Å². The number of likely N-dealkylation sites (tertiary alicyclic amines) is 1. The van der Waals surface area contributed by atoms with Gasteiger partial charge in [0, 0.05) is 19.5 Å². The van der Waals surface area contributed by atoms with Crippen molar-refractivity contribution in [3.8, 4) is 0 Å². The Kier molecular flexibility index (Phi) is 2.96. The first-order valence-electron chi connectivity index (χ1n) is 5.12. The number of halogens is 1. The van der Waals surface area contributed by atoms with E-state index in [9.17, 15) is 4.79 Å². The van der Waals surface area contributed by atoms with E-state index in [1.54, 1.807) is 0 Å². The molecule has 0 spiro atoms. The van der Waals surface area contributed by atoms with E-state index in [1.807, 2.05) is 4.90 Å². The summed E-state index contributed by atoms with van der Waals surface area (Å²) in [7, 11) is 0. The lowest BCUT2D eigenvalue weighted by Gasteiger charge is -2.15. The van der Waals surface area contributed by atoms with Crippen LogP contribution in [0, 0.1) is 6.92 Å². The van der Waals surface area contributed by atoms with Gasteiger partial charge in [0.05, 0.1) is 5.38 Å². The van der Waals surface area contributed by atoms with Gasteiger partial charge in [-0.1, -0.05) is 29.8 Å². The highest BCUT2D eigenvalue weighted by atomic mass is 35.5. The summed E-state index contributed by atoms with van der Waals surface area (Å²) >= 11 is 5.93. The minimum absolute atomic E-state index is 0.0112. The van der Waals surface area contributed by atoms with Gasteiger partial charge in [-0.05, 0) is 12.5 Å². The van der Waals surface area contributed by atoms with Crippen LogP contribution < -0.4 is 0 Å². The molecule has 1 aliphatic heterocycles. The number of amides is 1. The molecule has 0 N–H and O–H groups in total. The second-order valence-electron chi connectivity index (χ2n) is 4.06. The third-order valence-electron chi connectivity index (χ3n) is 2.66. The molecule has 80 valence electrons. The van der Waals surface area contributed by atoms with Gasteiger partial charge in [-0.3, -0.25) is 4.79 Å². The maximum Gasteiger partial charge on any atom is 0.224 e. The average Bonchev–Trinajstić information content (AvgIpc) is 2.49. The van der Waals surface area contributed by atoms with Gasteiger partial charge in [0.15, 0.2) is 0 Å². The smallest absolute Gasteiger partial charge is 0.224 e. The molecule has 2 rings (SSSR count). The van der Waals surface area contributed by atoms with Crippen LogP contribution in [-0.4, -0.2) is 22.7 Å². The fraction of sp³-hybridized carbons (Fsp3) is 0.417. The number of carbonyl (C=O) groups is 1. The first kappa shape index (κ1) is 10.5. The van der Waals surface area contributed by atoms with Gasteiger partial charge in [-0.25, -0.2) is 0 Å². The van der Waals surface area contributed by atoms with Crippen molar-refractivity contribution in [1.29, 1.82) is 0 Å². The summed E-state index contributed by atoms with van der Waals surface area (Å²) in [5.41, 5.74) is 2.40. The van der Waals surface area contributed by atoms with E-state index in [0.717, 1.165) is 0 Å². The van der Waals surface area contributed by atoms with E-state index in [0.29, 0.717) is 19.5 Å². The van der Waals surface area contributed by atoms with Crippen molar-refractivity contribution in [3.63, 3.8) is 0 Å². The van der Waals surface area contributed by atoms with Gasteiger partial charge in [0.1, 0.15) is 0 Å². The summed E-state index contributed by atoms with van der Waals surface area (Å²) in [6.07, 6.45) is 0.480. The Morgan fingerprint density at radius 2 is 2.07 bits per heavy atom. The third-order valence-corrected chi connectivity index (χ3v) is 2.95. The predicted molar refractivity (Wildman–Crippen MR) is 60.9 cm³/mol. The largest absolute Gasteiger partial charge is 0.337 e. The molecule has 0 aliphatic carbocycles. The minimum Gasteiger partial charge on any atom is -0.337 e. The Bertz CT molecular complexity index is 360. The molecule has 0 radical (unpaired) electrons. The number of rotatable bonds is 2. The lowest BCUT2D eigenvalue weighted by Crippen LogP contribution is -2.24. The number of hydrogen-bond acceptors (Lipinski definition) is 1. The van der Waals surface area contributed by atoms with Crippen molar-refractivity contribution in [2.45, 2.75) is 25.3 Å². The van der Waals surface area contributed by atoms with E-state index >= 15 is 0 Å². The van der Waals surface area contributed by atoms with Crippen LogP contribution in [0.15, 0.2) is 24.3 Å².